The molecule has 0 atom stereocenters. The number of nitrogens with one attached hydrogen (secondary N) is 1. The van der Waals surface area contributed by atoms with Gasteiger partial charge in [-0.3, -0.25) is 9.89 Å². The van der Waals surface area contributed by atoms with E-state index in [1.54, 1.807) is 0 Å². The molecule has 11 nitrogen and oxygen atoms in total. The number of aromatic amines is 1. The second-order valence-electron chi connectivity index (χ2n) is 7.44. The van der Waals surface area contributed by atoms with Gasteiger partial charge in [0.25, 0.3) is 0 Å². The van der Waals surface area contributed by atoms with Gasteiger partial charge < -0.3 is 10.8 Å². The highest BCUT2D eigenvalue weighted by Gasteiger charge is 2.29. The first-order valence-electron chi connectivity index (χ1n) is 10.0. The van der Waals surface area contributed by atoms with Crippen LogP contribution in [0.4, 0.5) is 0 Å². The number of amides is 1. The molecule has 33 heavy (non-hydrogen) atoms. The number of benzene rings is 1. The third-order valence-corrected chi connectivity index (χ3v) is 7.18. The lowest BCUT2D eigenvalue weighted by Gasteiger charge is -2.30. The Hall–Kier alpha value is -3.82. The fraction of sp³-hybridized carbons (Fsp3) is 0.286. The Kier molecular flexibility index (Phi) is 7.37. The van der Waals surface area contributed by atoms with Gasteiger partial charge in [-0.2, -0.15) is 14.7 Å². The summed E-state index contributed by atoms with van der Waals surface area (Å²) in [6.45, 7) is 0.846. The van der Waals surface area contributed by atoms with Gasteiger partial charge in [-0.25, -0.2) is 18.2 Å². The van der Waals surface area contributed by atoms with E-state index in [4.69, 9.17) is 16.1 Å². The molecule has 0 radical (unpaired) electrons. The van der Waals surface area contributed by atoms with Crippen LogP contribution in [-0.2, 0) is 10.0 Å². The van der Waals surface area contributed by atoms with Gasteiger partial charge in [-0.1, -0.05) is 0 Å². The Morgan fingerprint density at radius 1 is 1.18 bits per heavy atom. The summed E-state index contributed by atoms with van der Waals surface area (Å²) in [5, 5.41) is 24.3. The third-order valence-electron chi connectivity index (χ3n) is 5.27. The number of hydrogen-bond donors (Lipinski definition) is 3. The number of primary amides is 1. The van der Waals surface area contributed by atoms with Crippen LogP contribution in [0.15, 0.2) is 47.6 Å². The molecule has 12 heteroatoms. The summed E-state index contributed by atoms with van der Waals surface area (Å²) >= 11 is 0. The molecule has 4 rings (SSSR count). The van der Waals surface area contributed by atoms with Crippen LogP contribution in [-0.4, -0.2) is 58.0 Å². The Morgan fingerprint density at radius 2 is 1.85 bits per heavy atom. The molecule has 1 fully saturated rings. The van der Waals surface area contributed by atoms with E-state index >= 15 is 0 Å². The molecule has 1 aliphatic rings. The predicted molar refractivity (Wildman–Crippen MR) is 118 cm³/mol. The average molecular weight is 471 g/mol. The van der Waals surface area contributed by atoms with E-state index in [-0.39, 0.29) is 21.9 Å². The van der Waals surface area contributed by atoms with Gasteiger partial charge in [0.2, 0.25) is 15.9 Å². The van der Waals surface area contributed by atoms with Gasteiger partial charge in [0.05, 0.1) is 22.7 Å². The molecule has 1 aromatic carbocycles. The molecule has 0 aliphatic carbocycles. The quantitative estimate of drug-likeness (QED) is 0.503. The first-order chi connectivity index (χ1) is 15.7. The molecular formula is C21H22N6O5S. The maximum absolute atomic E-state index is 12.5. The van der Waals surface area contributed by atoms with Crippen molar-refractivity contribution < 1.29 is 23.1 Å². The molecular weight excluding hydrogens is 448 g/mol. The van der Waals surface area contributed by atoms with E-state index in [2.05, 4.69) is 21.3 Å². The third kappa shape index (κ3) is 5.71. The van der Waals surface area contributed by atoms with E-state index in [1.807, 2.05) is 0 Å². The van der Waals surface area contributed by atoms with Crippen LogP contribution >= 0.6 is 0 Å². The van der Waals surface area contributed by atoms with Crippen LogP contribution in [0.5, 0.6) is 0 Å². The zero-order valence-electron chi connectivity index (χ0n) is 17.5. The van der Waals surface area contributed by atoms with Crippen molar-refractivity contribution in [3.05, 3.63) is 53.9 Å². The largest absolute Gasteiger partial charge is 0.478 e. The maximum atomic E-state index is 12.5. The maximum Gasteiger partial charge on any atom is 0.337 e. The van der Waals surface area contributed by atoms with Crippen molar-refractivity contribution in [1.29, 1.82) is 5.26 Å². The molecule has 3 aromatic rings. The highest BCUT2D eigenvalue weighted by molar-refractivity contribution is 7.89. The normalized spacial score (nSPS) is 14.8. The molecule has 2 aromatic heterocycles. The number of carboxylic acids is 1. The van der Waals surface area contributed by atoms with Gasteiger partial charge in [0, 0.05) is 36.7 Å². The number of pyridine rings is 1. The average Bonchev–Trinajstić information content (AvgIpc) is 3.28. The summed E-state index contributed by atoms with van der Waals surface area (Å²) in [4.78, 5) is 25.5. The smallest absolute Gasteiger partial charge is 0.337 e. The van der Waals surface area contributed by atoms with E-state index in [9.17, 15) is 18.0 Å². The molecule has 0 saturated carbocycles. The number of carbonyl (C=O) groups excluding carboxylic acids is 1. The molecule has 3 heterocycles. The predicted octanol–water partition coefficient (Wildman–Crippen LogP) is 1.76. The highest BCUT2D eigenvalue weighted by atomic mass is 32.2. The zero-order valence-corrected chi connectivity index (χ0v) is 18.3. The minimum absolute atomic E-state index is 0.159. The lowest BCUT2D eigenvalue weighted by Crippen LogP contribution is -2.38. The van der Waals surface area contributed by atoms with Gasteiger partial charge >= 0.3 is 5.97 Å². The Balaban J connectivity index is 0.000000215. The zero-order chi connectivity index (χ0) is 24.0. The number of H-pyrrole nitrogens is 1. The number of carbonyl (C=O) groups is 2. The van der Waals surface area contributed by atoms with Crippen LogP contribution in [0.1, 0.15) is 40.0 Å². The minimum Gasteiger partial charge on any atom is -0.478 e. The van der Waals surface area contributed by atoms with Crippen LogP contribution in [0.25, 0.3) is 11.0 Å². The summed E-state index contributed by atoms with van der Waals surface area (Å²) in [5.74, 6) is -1.29. The van der Waals surface area contributed by atoms with E-state index in [0.717, 1.165) is 0 Å². The Labute approximate surface area is 189 Å². The number of nitriles is 1. The van der Waals surface area contributed by atoms with Gasteiger partial charge in [0.15, 0.2) is 5.65 Å². The highest BCUT2D eigenvalue weighted by Crippen LogP contribution is 2.25. The molecule has 0 spiro atoms. The van der Waals surface area contributed by atoms with E-state index in [0.29, 0.717) is 43.4 Å². The first kappa shape index (κ1) is 23.8. The number of hydrogen-bond acceptors (Lipinski definition) is 7. The number of nitrogens with two attached hydrogens (primary N) is 1. The van der Waals surface area contributed by atoms with Gasteiger partial charge in [0.1, 0.15) is 0 Å². The molecule has 0 unspecified atom stereocenters. The lowest BCUT2D eigenvalue weighted by atomic mass is 9.95. The number of nitrogens with zero attached hydrogens (tertiary/aromatic N) is 4. The fourth-order valence-electron chi connectivity index (χ4n) is 3.38. The number of sulfonamides is 1. The summed E-state index contributed by atoms with van der Waals surface area (Å²) in [5.41, 5.74) is 6.18. The van der Waals surface area contributed by atoms with Crippen molar-refractivity contribution in [3.8, 4) is 6.07 Å². The van der Waals surface area contributed by atoms with Crippen molar-refractivity contribution in [2.45, 2.75) is 24.2 Å². The van der Waals surface area contributed by atoms with Crippen molar-refractivity contribution in [3.63, 3.8) is 0 Å². The van der Waals surface area contributed by atoms with Crippen molar-refractivity contribution in [2.75, 3.05) is 13.1 Å². The van der Waals surface area contributed by atoms with Crippen LogP contribution in [0.3, 0.4) is 0 Å². The van der Waals surface area contributed by atoms with E-state index in [1.165, 1.54) is 47.0 Å². The number of aromatic nitrogens is 3. The topological polar surface area (TPSA) is 183 Å². The Bertz CT molecular complexity index is 1290. The van der Waals surface area contributed by atoms with E-state index < -0.39 is 21.9 Å². The second kappa shape index (κ2) is 10.2. The number of rotatable bonds is 5. The standard InChI is InChI=1S/C14H17N3O3S.C7H5N3O2/c15-8-5-11-6-9-17(10-7-11)21(19,20)13-3-1-12(2-4-13)14(16)18;11-7(12)5-1-4-3-9-10-6(4)8-2-5/h1-4,11H,5-7,9-10H2,(H2,16,18);1-3H,(H,11,12)(H,8,9,10). The monoisotopic (exact) mass is 470 g/mol. The number of aromatic carboxylic acids is 1. The molecule has 172 valence electrons. The summed E-state index contributed by atoms with van der Waals surface area (Å²) < 4.78 is 26.4. The van der Waals surface area contributed by atoms with Crippen molar-refractivity contribution in [2.24, 2.45) is 11.7 Å². The number of fused-ring (bicyclic) bond motifs is 1. The number of piperidine rings is 1. The molecule has 1 saturated heterocycles. The molecule has 1 aliphatic heterocycles. The SMILES string of the molecule is N#CCC1CCN(S(=O)(=O)c2ccc(C(N)=O)cc2)CC1.O=C(O)c1cnc2[nH]ncc2c1. The summed E-state index contributed by atoms with van der Waals surface area (Å²) in [6.07, 6.45) is 4.71. The molecule has 0 bridgehead atoms. The number of carboxylic acid groups (broad SMARTS) is 1. The first-order valence-corrected chi connectivity index (χ1v) is 11.5. The van der Waals surface area contributed by atoms with Crippen molar-refractivity contribution >= 4 is 32.9 Å². The fourth-order valence-corrected chi connectivity index (χ4v) is 4.85. The van der Waals surface area contributed by atoms with Crippen LogP contribution < -0.4 is 5.73 Å². The van der Waals surface area contributed by atoms with Crippen molar-refractivity contribution in [1.82, 2.24) is 19.5 Å². The summed E-state index contributed by atoms with van der Waals surface area (Å²) in [7, 11) is -3.54. The van der Waals surface area contributed by atoms with Crippen LogP contribution in [0.2, 0.25) is 0 Å². The lowest BCUT2D eigenvalue weighted by molar-refractivity contribution is 0.0696. The summed E-state index contributed by atoms with van der Waals surface area (Å²) in [6, 6.07) is 9.28. The minimum atomic E-state index is -3.54. The van der Waals surface area contributed by atoms with Gasteiger partial charge in [-0.05, 0) is 49.1 Å². The second-order valence-corrected chi connectivity index (χ2v) is 9.37. The van der Waals surface area contributed by atoms with Gasteiger partial charge in [-0.15, -0.1) is 0 Å². The Morgan fingerprint density at radius 3 is 2.42 bits per heavy atom. The molecule has 1 amide bonds. The molecule has 4 N–H and O–H groups in total. The van der Waals surface area contributed by atoms with Crippen LogP contribution in [0, 0.1) is 17.2 Å².